The molecule has 22 heavy (non-hydrogen) atoms. The summed E-state index contributed by atoms with van der Waals surface area (Å²) in [4.78, 5) is 46.1. The predicted molar refractivity (Wildman–Crippen MR) is 78.4 cm³/mol. The van der Waals surface area contributed by atoms with Crippen LogP contribution in [0.3, 0.4) is 0 Å². The molecule has 0 saturated carbocycles. The number of hydrogen-bond acceptors (Lipinski definition) is 6. The zero-order chi connectivity index (χ0) is 17.5. The fourth-order valence-electron chi connectivity index (χ4n) is 1.27. The molecule has 9 nitrogen and oxygen atoms in total. The normalized spacial score (nSPS) is 13.5. The molecular formula is C13H24N4O5. The lowest BCUT2D eigenvalue weighted by Gasteiger charge is -2.23. The van der Waals surface area contributed by atoms with Crippen LogP contribution < -0.4 is 21.9 Å². The Hall–Kier alpha value is -2.16. The molecule has 0 aromatic rings. The summed E-state index contributed by atoms with van der Waals surface area (Å²) in [6.45, 7) is 7.70. The van der Waals surface area contributed by atoms with Gasteiger partial charge in [-0.1, -0.05) is 0 Å². The summed E-state index contributed by atoms with van der Waals surface area (Å²) in [6.07, 6.45) is -1.08. The molecule has 0 saturated heterocycles. The Balaban J connectivity index is 4.69. The van der Waals surface area contributed by atoms with Gasteiger partial charge in [-0.2, -0.15) is 0 Å². The molecule has 0 aromatic carbocycles. The number of Topliss-reactive ketones (excluding diaryl/α,β-unsaturated/α-hetero) is 1. The fraction of sp³-hybridized carbons (Fsp3) is 0.692. The summed E-state index contributed by atoms with van der Waals surface area (Å²) in [5.74, 6) is -1.67. The van der Waals surface area contributed by atoms with Crippen LogP contribution in [0, 0.1) is 0 Å². The minimum Gasteiger partial charge on any atom is -0.444 e. The predicted octanol–water partition coefficient (Wildman–Crippen LogP) is -0.647. The number of carbonyl (C=O) groups is 4. The van der Waals surface area contributed by atoms with E-state index in [1.165, 1.54) is 13.8 Å². The first-order chi connectivity index (χ1) is 9.92. The highest BCUT2D eigenvalue weighted by Crippen LogP contribution is 2.07. The van der Waals surface area contributed by atoms with Gasteiger partial charge in [0.1, 0.15) is 17.4 Å². The van der Waals surface area contributed by atoms with Gasteiger partial charge in [0.05, 0.1) is 6.04 Å². The Kier molecular flexibility index (Phi) is 7.51. The van der Waals surface area contributed by atoms with E-state index < -0.39 is 35.6 Å². The largest absolute Gasteiger partial charge is 0.444 e. The number of alkyl carbamates (subject to hydrolysis) is 1. The molecule has 0 aromatic heterocycles. The minimum atomic E-state index is -1.17. The SMILES string of the molecule is CC(=O)C[C@H](NC(=O)OC(C)(C)C)C(=O)NNC(=O)[C@H](C)N. The molecular weight excluding hydrogens is 292 g/mol. The molecule has 0 rings (SSSR count). The average Bonchev–Trinajstić information content (AvgIpc) is 2.31. The third-order valence-corrected chi connectivity index (χ3v) is 2.22. The minimum absolute atomic E-state index is 0.237. The van der Waals surface area contributed by atoms with E-state index in [1.807, 2.05) is 0 Å². The Morgan fingerprint density at radius 1 is 1.09 bits per heavy atom. The fourth-order valence-corrected chi connectivity index (χ4v) is 1.27. The topological polar surface area (TPSA) is 140 Å². The molecule has 0 fully saturated rings. The van der Waals surface area contributed by atoms with Gasteiger partial charge in [0.25, 0.3) is 11.8 Å². The van der Waals surface area contributed by atoms with Crippen LogP contribution in [0.2, 0.25) is 0 Å². The van der Waals surface area contributed by atoms with Crippen molar-refractivity contribution in [2.24, 2.45) is 5.73 Å². The molecule has 0 spiro atoms. The number of carbonyl (C=O) groups excluding carboxylic acids is 4. The van der Waals surface area contributed by atoms with Gasteiger partial charge in [0, 0.05) is 6.42 Å². The van der Waals surface area contributed by atoms with Gasteiger partial charge in [-0.15, -0.1) is 0 Å². The summed E-state index contributed by atoms with van der Waals surface area (Å²) >= 11 is 0. The molecule has 126 valence electrons. The third kappa shape index (κ3) is 8.90. The summed E-state index contributed by atoms with van der Waals surface area (Å²) in [5.41, 5.74) is 8.76. The van der Waals surface area contributed by atoms with Gasteiger partial charge in [-0.3, -0.25) is 25.2 Å². The number of rotatable bonds is 5. The van der Waals surface area contributed by atoms with Crippen molar-refractivity contribution in [2.75, 3.05) is 0 Å². The number of nitrogens with two attached hydrogens (primary N) is 1. The monoisotopic (exact) mass is 316 g/mol. The van der Waals surface area contributed by atoms with Gasteiger partial charge < -0.3 is 15.8 Å². The lowest BCUT2D eigenvalue weighted by molar-refractivity contribution is -0.131. The first-order valence-corrected chi connectivity index (χ1v) is 6.76. The van der Waals surface area contributed by atoms with Crippen molar-refractivity contribution in [3.63, 3.8) is 0 Å². The second-order valence-electron chi connectivity index (χ2n) is 5.87. The molecule has 0 bridgehead atoms. The van der Waals surface area contributed by atoms with Crippen LogP contribution in [0.4, 0.5) is 4.79 Å². The molecule has 0 aliphatic rings. The molecule has 5 N–H and O–H groups in total. The third-order valence-electron chi connectivity index (χ3n) is 2.22. The average molecular weight is 316 g/mol. The van der Waals surface area contributed by atoms with Crippen LogP contribution in [0.15, 0.2) is 0 Å². The Bertz CT molecular complexity index is 442. The number of nitrogens with one attached hydrogen (secondary N) is 3. The van der Waals surface area contributed by atoms with Gasteiger partial charge in [-0.25, -0.2) is 4.79 Å². The van der Waals surface area contributed by atoms with Crippen molar-refractivity contribution in [3.8, 4) is 0 Å². The lowest BCUT2D eigenvalue weighted by atomic mass is 10.1. The molecule has 0 aliphatic heterocycles. The summed E-state index contributed by atoms with van der Waals surface area (Å²) < 4.78 is 5.02. The molecule has 2 atom stereocenters. The number of hydrogen-bond donors (Lipinski definition) is 4. The summed E-state index contributed by atoms with van der Waals surface area (Å²) in [7, 11) is 0. The van der Waals surface area contributed by atoms with Crippen molar-refractivity contribution in [1.29, 1.82) is 0 Å². The standard InChI is InChI=1S/C13H24N4O5/c1-7(18)6-9(15-12(21)22-13(3,4)5)11(20)17-16-10(19)8(2)14/h8-9H,6,14H2,1-5H3,(H,15,21)(H,16,19)(H,17,20)/t8-,9-/m0/s1. The van der Waals surface area contributed by atoms with Crippen LogP contribution in [-0.2, 0) is 19.1 Å². The van der Waals surface area contributed by atoms with Crippen LogP contribution in [-0.4, -0.2) is 41.4 Å². The van der Waals surface area contributed by atoms with E-state index in [9.17, 15) is 19.2 Å². The molecule has 3 amide bonds. The highest BCUT2D eigenvalue weighted by atomic mass is 16.6. The zero-order valence-corrected chi connectivity index (χ0v) is 13.5. The van der Waals surface area contributed by atoms with Crippen LogP contribution in [0.5, 0.6) is 0 Å². The van der Waals surface area contributed by atoms with Crippen molar-refractivity contribution < 1.29 is 23.9 Å². The van der Waals surface area contributed by atoms with Crippen LogP contribution in [0.1, 0.15) is 41.0 Å². The molecule has 0 radical (unpaired) electrons. The van der Waals surface area contributed by atoms with Crippen LogP contribution in [0.25, 0.3) is 0 Å². The molecule has 0 heterocycles. The van der Waals surface area contributed by atoms with Gasteiger partial charge in [-0.05, 0) is 34.6 Å². The van der Waals surface area contributed by atoms with Gasteiger partial charge >= 0.3 is 6.09 Å². The van der Waals surface area contributed by atoms with Crippen LogP contribution >= 0.6 is 0 Å². The quantitative estimate of drug-likeness (QED) is 0.497. The maximum atomic E-state index is 11.9. The van der Waals surface area contributed by atoms with E-state index in [0.29, 0.717) is 0 Å². The first-order valence-electron chi connectivity index (χ1n) is 6.76. The lowest BCUT2D eigenvalue weighted by Crippen LogP contribution is -2.55. The first kappa shape index (κ1) is 19.8. The Morgan fingerprint density at radius 3 is 2.00 bits per heavy atom. The highest BCUT2D eigenvalue weighted by molar-refractivity contribution is 5.92. The zero-order valence-electron chi connectivity index (χ0n) is 13.5. The number of hydrazine groups is 1. The van der Waals surface area contributed by atoms with Gasteiger partial charge in [0.15, 0.2) is 0 Å². The second-order valence-corrected chi connectivity index (χ2v) is 5.87. The maximum Gasteiger partial charge on any atom is 0.408 e. The van der Waals surface area contributed by atoms with Gasteiger partial charge in [0.2, 0.25) is 0 Å². The number of ketones is 1. The maximum absolute atomic E-state index is 11.9. The molecule has 0 aliphatic carbocycles. The number of amides is 3. The Morgan fingerprint density at radius 2 is 1.59 bits per heavy atom. The van der Waals surface area contributed by atoms with Crippen molar-refractivity contribution in [2.45, 2.75) is 58.7 Å². The van der Waals surface area contributed by atoms with E-state index in [0.717, 1.165) is 0 Å². The summed E-state index contributed by atoms with van der Waals surface area (Å²) in [5, 5.41) is 2.28. The smallest absolute Gasteiger partial charge is 0.408 e. The van der Waals surface area contributed by atoms with Crippen molar-refractivity contribution in [3.05, 3.63) is 0 Å². The van der Waals surface area contributed by atoms with E-state index in [2.05, 4.69) is 16.2 Å². The second kappa shape index (κ2) is 8.32. The van der Waals surface area contributed by atoms with E-state index >= 15 is 0 Å². The van der Waals surface area contributed by atoms with Crippen molar-refractivity contribution >= 4 is 23.7 Å². The number of ether oxygens (including phenoxy) is 1. The van der Waals surface area contributed by atoms with Crippen molar-refractivity contribution in [1.82, 2.24) is 16.2 Å². The van der Waals surface area contributed by atoms with E-state index in [-0.39, 0.29) is 12.2 Å². The van der Waals surface area contributed by atoms with E-state index in [1.54, 1.807) is 20.8 Å². The Labute approximate surface area is 129 Å². The summed E-state index contributed by atoms with van der Waals surface area (Å²) in [6, 6.07) is -1.98. The van der Waals surface area contributed by atoms with E-state index in [4.69, 9.17) is 10.5 Å². The highest BCUT2D eigenvalue weighted by Gasteiger charge is 2.26. The molecule has 9 heteroatoms. The molecule has 0 unspecified atom stereocenters.